The van der Waals surface area contributed by atoms with E-state index in [0.717, 1.165) is 6.42 Å². The Morgan fingerprint density at radius 3 is 2.11 bits per heavy atom. The maximum absolute atomic E-state index is 10.6. The summed E-state index contributed by atoms with van der Waals surface area (Å²) in [5.41, 5.74) is 4.75. The molecule has 0 heterocycles. The van der Waals surface area contributed by atoms with Crippen LogP contribution in [-0.4, -0.2) is 11.7 Å². The lowest BCUT2D eigenvalue weighted by Crippen LogP contribution is -2.24. The third-order valence-electron chi connectivity index (χ3n) is 1.69. The van der Waals surface area contributed by atoms with Gasteiger partial charge in [0.2, 0.25) is 5.78 Å². The molecule has 0 radical (unpaired) electrons. The molecule has 2 atom stereocenters. The first-order chi connectivity index (χ1) is 4.13. The summed E-state index contributed by atoms with van der Waals surface area (Å²) in [6, 6.07) is 0. The fourth-order valence-corrected chi connectivity index (χ4v) is 0.870. The van der Waals surface area contributed by atoms with Gasteiger partial charge in [0.05, 0.1) is 0 Å². The summed E-state index contributed by atoms with van der Waals surface area (Å²) in [5, 5.41) is 0. The molecule has 0 aromatic heterocycles. The number of nitrogens with two attached hydrogens (primary N) is 1. The van der Waals surface area contributed by atoms with E-state index in [4.69, 9.17) is 5.73 Å². The molecule has 2 N–H and O–H groups in total. The number of carbonyl (C=O) groups excluding carboxylic acids is 2. The van der Waals surface area contributed by atoms with Gasteiger partial charge < -0.3 is 5.73 Å². The van der Waals surface area contributed by atoms with Gasteiger partial charge in [0.1, 0.15) is 0 Å². The van der Waals surface area contributed by atoms with E-state index in [0.29, 0.717) is 5.92 Å². The lowest BCUT2D eigenvalue weighted by Gasteiger charge is -1.87. The average molecular weight is 127 g/mol. The first-order valence-electron chi connectivity index (χ1n) is 2.96. The fraction of sp³-hybridized carbons (Fsp3) is 0.667. The first kappa shape index (κ1) is 6.26. The van der Waals surface area contributed by atoms with Gasteiger partial charge in [-0.25, -0.2) is 0 Å². The number of hydrogen-bond acceptors (Lipinski definition) is 2. The van der Waals surface area contributed by atoms with Crippen LogP contribution in [-0.2, 0) is 9.59 Å². The Kier molecular flexibility index (Phi) is 1.27. The summed E-state index contributed by atoms with van der Waals surface area (Å²) in [7, 11) is 0. The molecule has 1 aliphatic carbocycles. The Hall–Kier alpha value is -0.860. The highest BCUT2D eigenvalue weighted by atomic mass is 16.2. The number of amides is 1. The molecule has 1 saturated carbocycles. The predicted octanol–water partition coefficient (Wildman–Crippen LogP) is -0.303. The van der Waals surface area contributed by atoms with Crippen LogP contribution >= 0.6 is 0 Å². The second-order valence-corrected chi connectivity index (χ2v) is 2.55. The lowest BCUT2D eigenvalue weighted by atomic mass is 10.2. The summed E-state index contributed by atoms with van der Waals surface area (Å²) >= 11 is 0. The Labute approximate surface area is 53.2 Å². The molecule has 3 nitrogen and oxygen atoms in total. The second kappa shape index (κ2) is 1.83. The minimum Gasteiger partial charge on any atom is -0.363 e. The normalized spacial score (nSPS) is 31.7. The van der Waals surface area contributed by atoms with Gasteiger partial charge in [0.15, 0.2) is 0 Å². The summed E-state index contributed by atoms with van der Waals surface area (Å²) in [4.78, 5) is 20.8. The van der Waals surface area contributed by atoms with Crippen LogP contribution in [0.25, 0.3) is 0 Å². The van der Waals surface area contributed by atoms with Crippen LogP contribution in [0.3, 0.4) is 0 Å². The number of hydrogen-bond donors (Lipinski definition) is 1. The van der Waals surface area contributed by atoms with Gasteiger partial charge in [0.25, 0.3) is 5.91 Å². The van der Waals surface area contributed by atoms with Crippen molar-refractivity contribution < 1.29 is 9.59 Å². The van der Waals surface area contributed by atoms with E-state index >= 15 is 0 Å². The topological polar surface area (TPSA) is 60.2 Å². The zero-order valence-corrected chi connectivity index (χ0v) is 5.26. The van der Waals surface area contributed by atoms with Gasteiger partial charge in [-0.1, -0.05) is 6.92 Å². The third-order valence-corrected chi connectivity index (χ3v) is 1.69. The molecule has 1 amide bonds. The monoisotopic (exact) mass is 127 g/mol. The predicted molar refractivity (Wildman–Crippen MR) is 31.5 cm³/mol. The van der Waals surface area contributed by atoms with E-state index in [1.54, 1.807) is 0 Å². The summed E-state index contributed by atoms with van der Waals surface area (Å²) in [6.45, 7) is 1.94. The standard InChI is InChI=1S/C6H9NO2/c1-3-2-4(3)5(8)6(7)9/h3-4H,2H2,1H3,(H2,7,9). The molecule has 1 aliphatic rings. The van der Waals surface area contributed by atoms with Crippen molar-refractivity contribution in [1.29, 1.82) is 0 Å². The quantitative estimate of drug-likeness (QED) is 0.517. The van der Waals surface area contributed by atoms with E-state index in [1.807, 2.05) is 6.92 Å². The number of carbonyl (C=O) groups is 2. The Morgan fingerprint density at radius 1 is 1.56 bits per heavy atom. The fourth-order valence-electron chi connectivity index (χ4n) is 0.870. The Balaban J connectivity index is 2.46. The van der Waals surface area contributed by atoms with Gasteiger partial charge in [0, 0.05) is 5.92 Å². The van der Waals surface area contributed by atoms with Crippen molar-refractivity contribution >= 4 is 11.7 Å². The molecular weight excluding hydrogens is 118 g/mol. The zero-order chi connectivity index (χ0) is 7.02. The molecule has 3 heteroatoms. The van der Waals surface area contributed by atoms with Crippen LogP contribution in [0.4, 0.5) is 0 Å². The molecule has 2 unspecified atom stereocenters. The van der Waals surface area contributed by atoms with Crippen molar-refractivity contribution in [2.45, 2.75) is 13.3 Å². The maximum Gasteiger partial charge on any atom is 0.285 e. The van der Waals surface area contributed by atoms with Gasteiger partial charge >= 0.3 is 0 Å². The summed E-state index contributed by atoms with van der Waals surface area (Å²) in [5.74, 6) is -0.862. The molecule has 0 spiro atoms. The maximum atomic E-state index is 10.6. The van der Waals surface area contributed by atoms with E-state index in [9.17, 15) is 9.59 Å². The average Bonchev–Trinajstić information content (AvgIpc) is 2.44. The van der Waals surface area contributed by atoms with Gasteiger partial charge in [-0.2, -0.15) is 0 Å². The van der Waals surface area contributed by atoms with Crippen molar-refractivity contribution in [3.05, 3.63) is 0 Å². The minimum absolute atomic E-state index is 0.0532. The smallest absolute Gasteiger partial charge is 0.285 e. The van der Waals surface area contributed by atoms with Crippen LogP contribution in [0.1, 0.15) is 13.3 Å². The highest BCUT2D eigenvalue weighted by molar-refractivity contribution is 6.37. The molecule has 0 aliphatic heterocycles. The van der Waals surface area contributed by atoms with Gasteiger partial charge in [-0.05, 0) is 12.3 Å². The second-order valence-electron chi connectivity index (χ2n) is 2.55. The largest absolute Gasteiger partial charge is 0.363 e. The van der Waals surface area contributed by atoms with E-state index < -0.39 is 11.7 Å². The highest BCUT2D eigenvalue weighted by Crippen LogP contribution is 2.38. The summed E-state index contributed by atoms with van der Waals surface area (Å²) in [6.07, 6.45) is 0.835. The van der Waals surface area contributed by atoms with Crippen LogP contribution < -0.4 is 5.73 Å². The Bertz CT molecular complexity index is 164. The van der Waals surface area contributed by atoms with Crippen molar-refractivity contribution in [2.24, 2.45) is 17.6 Å². The molecule has 0 saturated heterocycles. The molecule has 9 heavy (non-hydrogen) atoms. The van der Waals surface area contributed by atoms with Crippen LogP contribution in [0.5, 0.6) is 0 Å². The minimum atomic E-state index is -0.788. The number of rotatable bonds is 2. The van der Waals surface area contributed by atoms with Crippen LogP contribution in [0, 0.1) is 11.8 Å². The van der Waals surface area contributed by atoms with Gasteiger partial charge in [-0.15, -0.1) is 0 Å². The van der Waals surface area contributed by atoms with Crippen molar-refractivity contribution in [3.8, 4) is 0 Å². The third kappa shape index (κ3) is 1.09. The first-order valence-corrected chi connectivity index (χ1v) is 2.96. The SMILES string of the molecule is CC1CC1C(=O)C(N)=O. The highest BCUT2D eigenvalue weighted by Gasteiger charge is 2.41. The van der Waals surface area contributed by atoms with Crippen molar-refractivity contribution in [2.75, 3.05) is 0 Å². The lowest BCUT2D eigenvalue weighted by molar-refractivity contribution is -0.136. The van der Waals surface area contributed by atoms with Crippen LogP contribution in [0.15, 0.2) is 0 Å². The zero-order valence-electron chi connectivity index (χ0n) is 5.26. The number of primary amides is 1. The van der Waals surface area contributed by atoms with Gasteiger partial charge in [-0.3, -0.25) is 9.59 Å². The van der Waals surface area contributed by atoms with Crippen molar-refractivity contribution in [1.82, 2.24) is 0 Å². The number of ketones is 1. The van der Waals surface area contributed by atoms with Crippen molar-refractivity contribution in [3.63, 3.8) is 0 Å². The van der Waals surface area contributed by atoms with E-state index in [1.165, 1.54) is 0 Å². The Morgan fingerprint density at radius 2 is 2.00 bits per heavy atom. The number of Topliss-reactive ketones (excluding diaryl/α,β-unsaturated/α-hetero) is 1. The molecule has 0 aromatic carbocycles. The van der Waals surface area contributed by atoms with E-state index in [2.05, 4.69) is 0 Å². The molecule has 1 rings (SSSR count). The molecule has 0 aromatic rings. The molecule has 0 bridgehead atoms. The molecular formula is C6H9NO2. The molecule has 1 fully saturated rings. The summed E-state index contributed by atoms with van der Waals surface area (Å²) < 4.78 is 0. The van der Waals surface area contributed by atoms with Crippen LogP contribution in [0.2, 0.25) is 0 Å². The molecule has 50 valence electrons. The van der Waals surface area contributed by atoms with E-state index in [-0.39, 0.29) is 5.92 Å².